The van der Waals surface area contributed by atoms with Crippen molar-refractivity contribution in [2.45, 2.75) is 51.8 Å². The highest BCUT2D eigenvalue weighted by Gasteiger charge is 2.31. The summed E-state index contributed by atoms with van der Waals surface area (Å²) in [5.74, 6) is 6.37. The maximum Gasteiger partial charge on any atom is 0.0580 e. The number of nitrogens with two attached hydrogens (primary N) is 1. The van der Waals surface area contributed by atoms with Gasteiger partial charge in [0.25, 0.3) is 0 Å². The van der Waals surface area contributed by atoms with Gasteiger partial charge >= 0.3 is 0 Å². The third-order valence-electron chi connectivity index (χ3n) is 3.74. The van der Waals surface area contributed by atoms with Crippen LogP contribution in [-0.2, 0) is 11.3 Å². The van der Waals surface area contributed by atoms with Gasteiger partial charge in [0.1, 0.15) is 0 Å². The standard InChI is InChI=1S/C13H24N4O/c1-3-17-9-11(8-15-17)13(16-14)7-10-5-12(6-10)18-4-2/h8-10,12-13,16H,3-7,14H2,1-2H3. The van der Waals surface area contributed by atoms with Crippen LogP contribution in [0.25, 0.3) is 0 Å². The number of hydrogen-bond acceptors (Lipinski definition) is 4. The first-order valence-corrected chi connectivity index (χ1v) is 6.86. The van der Waals surface area contributed by atoms with Crippen LogP contribution in [-0.4, -0.2) is 22.5 Å². The van der Waals surface area contributed by atoms with Gasteiger partial charge in [-0.25, -0.2) is 0 Å². The van der Waals surface area contributed by atoms with Crippen LogP contribution in [0, 0.1) is 5.92 Å². The molecule has 0 aromatic carbocycles. The van der Waals surface area contributed by atoms with Crippen LogP contribution in [0.1, 0.15) is 44.7 Å². The van der Waals surface area contributed by atoms with Gasteiger partial charge in [0.2, 0.25) is 0 Å². The third-order valence-corrected chi connectivity index (χ3v) is 3.74. The predicted octanol–water partition coefficient (Wildman–Crippen LogP) is 1.61. The molecule has 1 aromatic heterocycles. The lowest BCUT2D eigenvalue weighted by Crippen LogP contribution is -2.36. The Labute approximate surface area is 109 Å². The van der Waals surface area contributed by atoms with E-state index < -0.39 is 0 Å². The van der Waals surface area contributed by atoms with E-state index in [4.69, 9.17) is 10.6 Å². The largest absolute Gasteiger partial charge is 0.378 e. The zero-order valence-corrected chi connectivity index (χ0v) is 11.3. The average Bonchev–Trinajstić information content (AvgIpc) is 2.80. The molecule has 18 heavy (non-hydrogen) atoms. The number of aryl methyl sites for hydroxylation is 1. The molecule has 102 valence electrons. The minimum absolute atomic E-state index is 0.206. The molecule has 0 aliphatic heterocycles. The van der Waals surface area contributed by atoms with Gasteiger partial charge in [-0.15, -0.1) is 0 Å². The van der Waals surface area contributed by atoms with Crippen molar-refractivity contribution in [1.82, 2.24) is 15.2 Å². The Morgan fingerprint density at radius 2 is 2.33 bits per heavy atom. The van der Waals surface area contributed by atoms with E-state index in [0.717, 1.165) is 32.4 Å². The number of nitrogens with zero attached hydrogens (tertiary/aromatic N) is 2. The van der Waals surface area contributed by atoms with Gasteiger partial charge < -0.3 is 4.74 Å². The number of nitrogens with one attached hydrogen (secondary N) is 1. The van der Waals surface area contributed by atoms with Crippen LogP contribution in [0.2, 0.25) is 0 Å². The van der Waals surface area contributed by atoms with E-state index in [2.05, 4.69) is 30.6 Å². The summed E-state index contributed by atoms with van der Waals surface area (Å²) in [7, 11) is 0. The van der Waals surface area contributed by atoms with E-state index in [1.54, 1.807) is 0 Å². The third kappa shape index (κ3) is 3.10. The Bertz CT molecular complexity index is 360. The Morgan fingerprint density at radius 3 is 2.89 bits per heavy atom. The smallest absolute Gasteiger partial charge is 0.0580 e. The summed E-state index contributed by atoms with van der Waals surface area (Å²) in [6.07, 6.45) is 7.84. The van der Waals surface area contributed by atoms with Crippen molar-refractivity contribution in [3.05, 3.63) is 18.0 Å². The molecule has 1 saturated carbocycles. The normalized spacial score (nSPS) is 24.8. The van der Waals surface area contributed by atoms with Gasteiger partial charge in [-0.1, -0.05) is 0 Å². The molecule has 0 amide bonds. The number of hydrogen-bond donors (Lipinski definition) is 2. The Balaban J connectivity index is 1.83. The molecule has 0 spiro atoms. The van der Waals surface area contributed by atoms with Crippen molar-refractivity contribution in [2.24, 2.45) is 11.8 Å². The van der Waals surface area contributed by atoms with Crippen LogP contribution in [0.3, 0.4) is 0 Å². The summed E-state index contributed by atoms with van der Waals surface area (Å²) in [6.45, 7) is 5.85. The van der Waals surface area contributed by atoms with Crippen molar-refractivity contribution in [3.63, 3.8) is 0 Å². The van der Waals surface area contributed by atoms with Gasteiger partial charge in [-0.05, 0) is 39.0 Å². The maximum atomic E-state index is 5.66. The summed E-state index contributed by atoms with van der Waals surface area (Å²) < 4.78 is 7.52. The molecule has 0 saturated heterocycles. The summed E-state index contributed by atoms with van der Waals surface area (Å²) in [6, 6.07) is 0.206. The van der Waals surface area contributed by atoms with E-state index in [9.17, 15) is 0 Å². The fraction of sp³-hybridized carbons (Fsp3) is 0.769. The molecule has 1 unspecified atom stereocenters. The van der Waals surface area contributed by atoms with Gasteiger partial charge in [-0.3, -0.25) is 16.0 Å². The molecule has 2 rings (SSSR count). The van der Waals surface area contributed by atoms with Gasteiger partial charge in [0.15, 0.2) is 0 Å². The van der Waals surface area contributed by atoms with Gasteiger partial charge in [-0.2, -0.15) is 5.10 Å². The lowest BCUT2D eigenvalue weighted by molar-refractivity contribution is -0.0291. The first-order valence-electron chi connectivity index (χ1n) is 6.86. The van der Waals surface area contributed by atoms with Crippen LogP contribution >= 0.6 is 0 Å². The highest BCUT2D eigenvalue weighted by Crippen LogP contribution is 2.36. The second kappa shape index (κ2) is 6.31. The van der Waals surface area contributed by atoms with E-state index in [1.165, 1.54) is 5.56 Å². The first kappa shape index (κ1) is 13.5. The molecular formula is C13H24N4O. The van der Waals surface area contributed by atoms with Gasteiger partial charge in [0, 0.05) is 31.0 Å². The molecule has 0 radical (unpaired) electrons. The van der Waals surface area contributed by atoms with E-state index in [1.807, 2.05) is 10.9 Å². The second-order valence-electron chi connectivity index (χ2n) is 5.00. The second-order valence-corrected chi connectivity index (χ2v) is 5.00. The molecule has 1 atom stereocenters. The SMILES string of the molecule is CCOC1CC(CC(NN)c2cnn(CC)c2)C1. The molecule has 3 N–H and O–H groups in total. The molecule has 5 nitrogen and oxygen atoms in total. The van der Waals surface area contributed by atoms with Crippen molar-refractivity contribution < 1.29 is 4.74 Å². The summed E-state index contributed by atoms with van der Waals surface area (Å²) in [5, 5.41) is 4.30. The topological polar surface area (TPSA) is 65.1 Å². The molecular weight excluding hydrogens is 228 g/mol. The summed E-state index contributed by atoms with van der Waals surface area (Å²) in [5.41, 5.74) is 4.09. The zero-order valence-electron chi connectivity index (χ0n) is 11.3. The van der Waals surface area contributed by atoms with Crippen molar-refractivity contribution in [3.8, 4) is 0 Å². The van der Waals surface area contributed by atoms with Crippen LogP contribution in [0.15, 0.2) is 12.4 Å². The molecule has 1 aromatic rings. The van der Waals surface area contributed by atoms with Crippen LogP contribution in [0.4, 0.5) is 0 Å². The number of hydrazine groups is 1. The summed E-state index contributed by atoms with van der Waals surface area (Å²) in [4.78, 5) is 0. The van der Waals surface area contributed by atoms with Crippen molar-refractivity contribution in [2.75, 3.05) is 6.61 Å². The molecule has 1 aliphatic rings. The quantitative estimate of drug-likeness (QED) is 0.571. The molecule has 1 heterocycles. The fourth-order valence-electron chi connectivity index (χ4n) is 2.60. The van der Waals surface area contributed by atoms with E-state index >= 15 is 0 Å². The van der Waals surface area contributed by atoms with Crippen LogP contribution < -0.4 is 11.3 Å². The monoisotopic (exact) mass is 252 g/mol. The number of ether oxygens (including phenoxy) is 1. The fourth-order valence-corrected chi connectivity index (χ4v) is 2.60. The Morgan fingerprint density at radius 1 is 1.56 bits per heavy atom. The molecule has 1 fully saturated rings. The van der Waals surface area contributed by atoms with Crippen molar-refractivity contribution >= 4 is 0 Å². The summed E-state index contributed by atoms with van der Waals surface area (Å²) >= 11 is 0. The lowest BCUT2D eigenvalue weighted by Gasteiger charge is -2.36. The van der Waals surface area contributed by atoms with E-state index in [-0.39, 0.29) is 6.04 Å². The Kier molecular flexibility index (Phi) is 4.74. The minimum atomic E-state index is 0.206. The highest BCUT2D eigenvalue weighted by molar-refractivity contribution is 5.10. The predicted molar refractivity (Wildman–Crippen MR) is 70.7 cm³/mol. The average molecular weight is 252 g/mol. The number of rotatable bonds is 7. The van der Waals surface area contributed by atoms with Crippen molar-refractivity contribution in [1.29, 1.82) is 0 Å². The maximum absolute atomic E-state index is 5.66. The Hall–Kier alpha value is -0.910. The molecule has 5 heteroatoms. The molecule has 1 aliphatic carbocycles. The lowest BCUT2D eigenvalue weighted by atomic mass is 9.77. The van der Waals surface area contributed by atoms with Crippen LogP contribution in [0.5, 0.6) is 0 Å². The zero-order chi connectivity index (χ0) is 13.0. The highest BCUT2D eigenvalue weighted by atomic mass is 16.5. The molecule has 0 bridgehead atoms. The number of aromatic nitrogens is 2. The van der Waals surface area contributed by atoms with Gasteiger partial charge in [0.05, 0.1) is 12.3 Å². The first-order chi connectivity index (χ1) is 8.76. The van der Waals surface area contributed by atoms with E-state index in [0.29, 0.717) is 12.0 Å². The minimum Gasteiger partial charge on any atom is -0.378 e.